The van der Waals surface area contributed by atoms with Gasteiger partial charge < -0.3 is 15.4 Å². The first-order valence-electron chi connectivity index (χ1n) is 9.33. The molecule has 0 atom stereocenters. The van der Waals surface area contributed by atoms with E-state index >= 15 is 0 Å². The van der Waals surface area contributed by atoms with Crippen molar-refractivity contribution >= 4 is 45.5 Å². The number of carbonyl (C=O) groups is 1. The predicted molar refractivity (Wildman–Crippen MR) is 115 cm³/mol. The van der Waals surface area contributed by atoms with E-state index in [2.05, 4.69) is 20.7 Å². The molecular formula is C19H21ClN6O2S. The molecule has 8 nitrogen and oxygen atoms in total. The number of ether oxygens (including phenoxy) is 1. The van der Waals surface area contributed by atoms with Gasteiger partial charge in [-0.3, -0.25) is 9.58 Å². The normalized spacial score (nSPS) is 13.7. The van der Waals surface area contributed by atoms with E-state index in [0.29, 0.717) is 43.7 Å². The number of benzene rings is 1. The molecule has 1 saturated heterocycles. The minimum absolute atomic E-state index is 0.0587. The van der Waals surface area contributed by atoms with Crippen molar-refractivity contribution in [2.75, 3.05) is 36.5 Å². The summed E-state index contributed by atoms with van der Waals surface area (Å²) in [5.74, 6) is 0. The van der Waals surface area contributed by atoms with Crippen LogP contribution in [0, 0.1) is 0 Å². The average molecular weight is 433 g/mol. The number of thiazole rings is 1. The summed E-state index contributed by atoms with van der Waals surface area (Å²) in [6.45, 7) is 5.21. The Bertz CT molecular complexity index is 987. The van der Waals surface area contributed by atoms with Crippen LogP contribution in [-0.4, -0.2) is 47.1 Å². The highest BCUT2D eigenvalue weighted by atomic mass is 35.5. The fraction of sp³-hybridized carbons (Fsp3) is 0.316. The van der Waals surface area contributed by atoms with Crippen LogP contribution in [0.25, 0.3) is 11.3 Å². The number of aromatic nitrogens is 3. The zero-order valence-corrected chi connectivity index (χ0v) is 17.5. The Morgan fingerprint density at radius 2 is 2.17 bits per heavy atom. The van der Waals surface area contributed by atoms with Crippen LogP contribution in [0.15, 0.2) is 35.8 Å². The Morgan fingerprint density at radius 3 is 2.90 bits per heavy atom. The molecule has 1 fully saturated rings. The van der Waals surface area contributed by atoms with Gasteiger partial charge in [0.15, 0.2) is 10.3 Å². The summed E-state index contributed by atoms with van der Waals surface area (Å²) in [5.41, 5.74) is 3.42. The van der Waals surface area contributed by atoms with Crippen LogP contribution in [0.1, 0.15) is 6.92 Å². The lowest BCUT2D eigenvalue weighted by molar-refractivity contribution is 0.136. The summed E-state index contributed by atoms with van der Waals surface area (Å²) in [4.78, 5) is 18.1. The maximum atomic E-state index is 11.8. The van der Waals surface area contributed by atoms with Crippen LogP contribution in [-0.2, 0) is 11.3 Å². The van der Waals surface area contributed by atoms with Gasteiger partial charge >= 0.3 is 6.03 Å². The van der Waals surface area contributed by atoms with E-state index in [9.17, 15) is 4.79 Å². The van der Waals surface area contributed by atoms with Gasteiger partial charge in [-0.15, -0.1) is 11.3 Å². The number of urea groups is 1. The summed E-state index contributed by atoms with van der Waals surface area (Å²) in [5, 5.41) is 13.4. The number of halogens is 1. The molecule has 0 aliphatic carbocycles. The molecule has 10 heteroatoms. The molecule has 3 aromatic rings. The lowest BCUT2D eigenvalue weighted by atomic mass is 10.1. The smallest absolute Gasteiger partial charge is 0.321 e. The number of carbonyl (C=O) groups excluding carboxylic acids is 1. The van der Waals surface area contributed by atoms with Crippen LogP contribution >= 0.6 is 22.9 Å². The Balaban J connectivity index is 1.43. The third-order valence-corrected chi connectivity index (χ3v) is 5.50. The van der Waals surface area contributed by atoms with Crippen molar-refractivity contribution < 1.29 is 9.53 Å². The second kappa shape index (κ2) is 8.81. The summed E-state index contributed by atoms with van der Waals surface area (Å²) >= 11 is 7.72. The highest BCUT2D eigenvalue weighted by Gasteiger charge is 2.21. The van der Waals surface area contributed by atoms with Gasteiger partial charge in [0.2, 0.25) is 0 Å². The molecule has 3 heterocycles. The van der Waals surface area contributed by atoms with Crippen molar-refractivity contribution in [3.05, 3.63) is 41.0 Å². The molecule has 1 aliphatic heterocycles. The largest absolute Gasteiger partial charge is 0.380 e. The second-order valence-corrected chi connectivity index (χ2v) is 7.60. The number of hydrogen-bond donors (Lipinski definition) is 2. The zero-order chi connectivity index (χ0) is 20.2. The number of nitrogens with one attached hydrogen (secondary N) is 2. The maximum Gasteiger partial charge on any atom is 0.321 e. The van der Waals surface area contributed by atoms with Crippen LogP contribution in [0.4, 0.5) is 21.3 Å². The summed E-state index contributed by atoms with van der Waals surface area (Å²) in [7, 11) is 0. The number of nitrogens with zero attached hydrogens (tertiary/aromatic N) is 4. The van der Waals surface area contributed by atoms with Gasteiger partial charge in [-0.05, 0) is 19.1 Å². The lowest BCUT2D eigenvalue weighted by Crippen LogP contribution is -2.27. The predicted octanol–water partition coefficient (Wildman–Crippen LogP) is 3.97. The molecule has 1 aliphatic rings. The molecule has 0 unspecified atom stereocenters. The van der Waals surface area contributed by atoms with Gasteiger partial charge in [-0.2, -0.15) is 5.10 Å². The van der Waals surface area contributed by atoms with Crippen LogP contribution in [0.2, 0.25) is 5.15 Å². The Kier molecular flexibility index (Phi) is 5.98. The van der Waals surface area contributed by atoms with Gasteiger partial charge in [0, 0.05) is 36.3 Å². The minimum Gasteiger partial charge on any atom is -0.380 e. The van der Waals surface area contributed by atoms with Gasteiger partial charge in [-0.1, -0.05) is 23.7 Å². The number of amides is 2. The van der Waals surface area contributed by atoms with Crippen molar-refractivity contribution in [3.63, 3.8) is 0 Å². The fourth-order valence-electron chi connectivity index (χ4n) is 3.01. The average Bonchev–Trinajstić information content (AvgIpc) is 3.44. The van der Waals surface area contributed by atoms with E-state index in [-0.39, 0.29) is 6.03 Å². The molecule has 29 heavy (non-hydrogen) atoms. The standard InChI is InChI=1S/C19H21ClN6O2S/c1-2-28-10-9-25-11-15(17(20)24-25)22-18-23-16(12-29-18)13-3-5-14(6-4-13)26-8-7-21-19(26)27/h3-6,11-12H,2,7-10H2,1H3,(H,21,27)(H,22,23). The fourth-order valence-corrected chi connectivity index (χ4v) is 3.93. The Hall–Kier alpha value is -2.62. The minimum atomic E-state index is -0.0587. The van der Waals surface area contributed by atoms with E-state index in [4.69, 9.17) is 16.3 Å². The number of rotatable bonds is 8. The molecule has 2 aromatic heterocycles. The molecule has 152 valence electrons. The van der Waals surface area contributed by atoms with E-state index in [1.807, 2.05) is 42.8 Å². The molecule has 4 rings (SSSR count). The molecule has 0 saturated carbocycles. The van der Waals surface area contributed by atoms with Gasteiger partial charge in [0.25, 0.3) is 0 Å². The van der Waals surface area contributed by atoms with Crippen LogP contribution < -0.4 is 15.5 Å². The van der Waals surface area contributed by atoms with Gasteiger partial charge in [-0.25, -0.2) is 9.78 Å². The van der Waals surface area contributed by atoms with Crippen LogP contribution in [0.5, 0.6) is 0 Å². The highest BCUT2D eigenvalue weighted by Crippen LogP contribution is 2.30. The van der Waals surface area contributed by atoms with E-state index in [1.165, 1.54) is 11.3 Å². The third kappa shape index (κ3) is 4.52. The number of hydrogen-bond acceptors (Lipinski definition) is 6. The van der Waals surface area contributed by atoms with Crippen molar-refractivity contribution in [2.24, 2.45) is 0 Å². The number of anilines is 3. The molecular weight excluding hydrogens is 412 g/mol. The molecule has 1 aromatic carbocycles. The van der Waals surface area contributed by atoms with E-state index < -0.39 is 0 Å². The quantitative estimate of drug-likeness (QED) is 0.526. The van der Waals surface area contributed by atoms with E-state index in [1.54, 1.807) is 9.58 Å². The molecule has 2 N–H and O–H groups in total. The topological polar surface area (TPSA) is 84.3 Å². The lowest BCUT2D eigenvalue weighted by Gasteiger charge is -2.14. The maximum absolute atomic E-state index is 11.8. The highest BCUT2D eigenvalue weighted by molar-refractivity contribution is 7.14. The molecule has 2 amide bonds. The van der Waals surface area contributed by atoms with Crippen LogP contribution in [0.3, 0.4) is 0 Å². The van der Waals surface area contributed by atoms with Crippen molar-refractivity contribution in [2.45, 2.75) is 13.5 Å². The van der Waals surface area contributed by atoms with Gasteiger partial charge in [0.1, 0.15) is 0 Å². The zero-order valence-electron chi connectivity index (χ0n) is 15.9. The second-order valence-electron chi connectivity index (χ2n) is 6.39. The Labute approximate surface area is 177 Å². The summed E-state index contributed by atoms with van der Waals surface area (Å²) in [6.07, 6.45) is 1.85. The molecule has 0 spiro atoms. The van der Waals surface area contributed by atoms with Gasteiger partial charge in [0.05, 0.1) is 30.7 Å². The first-order valence-corrected chi connectivity index (χ1v) is 10.6. The first kappa shape index (κ1) is 19.7. The molecule has 0 radical (unpaired) electrons. The summed E-state index contributed by atoms with van der Waals surface area (Å²) < 4.78 is 7.10. The SMILES string of the molecule is CCOCCn1cc(Nc2nc(-c3ccc(N4CCNC4=O)cc3)cs2)c(Cl)n1. The summed E-state index contributed by atoms with van der Waals surface area (Å²) in [6, 6.07) is 7.76. The molecule has 0 bridgehead atoms. The first-order chi connectivity index (χ1) is 14.1. The Morgan fingerprint density at radius 1 is 1.34 bits per heavy atom. The third-order valence-electron chi connectivity index (χ3n) is 4.46. The van der Waals surface area contributed by atoms with Crippen molar-refractivity contribution in [3.8, 4) is 11.3 Å². The van der Waals surface area contributed by atoms with Crippen molar-refractivity contribution in [1.29, 1.82) is 0 Å². The monoisotopic (exact) mass is 432 g/mol. The van der Waals surface area contributed by atoms with Crippen molar-refractivity contribution in [1.82, 2.24) is 20.1 Å². The van der Waals surface area contributed by atoms with E-state index in [0.717, 1.165) is 22.1 Å².